The van der Waals surface area contributed by atoms with E-state index >= 15 is 0 Å². The lowest BCUT2D eigenvalue weighted by atomic mass is 10.0. The SMILES string of the molecule is CC(C)C(CNS(=O)(=O)C(C)C)N1CCN(C)CC1. The largest absolute Gasteiger partial charge is 0.304 e. The lowest BCUT2D eigenvalue weighted by Crippen LogP contribution is -2.54. The Labute approximate surface area is 118 Å². The first-order chi connectivity index (χ1) is 8.74. The standard InChI is InChI=1S/C13H29N3O2S/c1-11(2)13(10-14-19(17,18)12(3)4)16-8-6-15(5)7-9-16/h11-14H,6-10H2,1-5H3. The second kappa shape index (κ2) is 7.02. The Balaban J connectivity index is 2.59. The van der Waals surface area contributed by atoms with Crippen LogP contribution in [0.2, 0.25) is 0 Å². The molecule has 0 spiro atoms. The van der Waals surface area contributed by atoms with Crippen molar-refractivity contribution in [1.82, 2.24) is 14.5 Å². The maximum Gasteiger partial charge on any atom is 0.213 e. The molecule has 1 unspecified atom stereocenters. The molecular weight excluding hydrogens is 262 g/mol. The zero-order chi connectivity index (χ0) is 14.6. The minimum absolute atomic E-state index is 0.280. The number of likely N-dealkylation sites (N-methyl/N-ethyl adjacent to an activating group) is 1. The molecule has 0 aromatic heterocycles. The van der Waals surface area contributed by atoms with Crippen LogP contribution in [-0.2, 0) is 10.0 Å². The Hall–Kier alpha value is -0.170. The average molecular weight is 291 g/mol. The third-order valence-electron chi connectivity index (χ3n) is 3.89. The lowest BCUT2D eigenvalue weighted by Gasteiger charge is -2.40. The van der Waals surface area contributed by atoms with Gasteiger partial charge in [-0.1, -0.05) is 13.8 Å². The summed E-state index contributed by atoms with van der Waals surface area (Å²) in [4.78, 5) is 4.72. The summed E-state index contributed by atoms with van der Waals surface area (Å²) in [5.74, 6) is 0.443. The monoisotopic (exact) mass is 291 g/mol. The summed E-state index contributed by atoms with van der Waals surface area (Å²) in [6, 6.07) is 0.280. The van der Waals surface area contributed by atoms with Gasteiger partial charge in [-0.15, -0.1) is 0 Å². The summed E-state index contributed by atoms with van der Waals surface area (Å²) >= 11 is 0. The van der Waals surface area contributed by atoms with E-state index in [4.69, 9.17) is 0 Å². The Morgan fingerprint density at radius 2 is 1.58 bits per heavy atom. The van der Waals surface area contributed by atoms with Crippen LogP contribution in [0.4, 0.5) is 0 Å². The zero-order valence-corrected chi connectivity index (χ0v) is 13.7. The van der Waals surface area contributed by atoms with Crippen LogP contribution in [0.3, 0.4) is 0 Å². The fraction of sp³-hybridized carbons (Fsp3) is 1.00. The van der Waals surface area contributed by atoms with Gasteiger partial charge in [0.1, 0.15) is 0 Å². The summed E-state index contributed by atoms with van der Waals surface area (Å²) in [6.45, 7) is 12.4. The number of sulfonamides is 1. The fourth-order valence-corrected chi connectivity index (χ4v) is 3.04. The van der Waals surface area contributed by atoms with Gasteiger partial charge < -0.3 is 4.90 Å². The Kier molecular flexibility index (Phi) is 6.23. The highest BCUT2D eigenvalue weighted by Crippen LogP contribution is 2.13. The molecular formula is C13H29N3O2S. The normalized spacial score (nSPS) is 21.2. The van der Waals surface area contributed by atoms with E-state index in [-0.39, 0.29) is 11.3 Å². The molecule has 6 heteroatoms. The molecule has 1 N–H and O–H groups in total. The van der Waals surface area contributed by atoms with E-state index in [1.807, 2.05) is 0 Å². The molecule has 1 saturated heterocycles. The molecule has 1 rings (SSSR count). The van der Waals surface area contributed by atoms with Gasteiger partial charge in [0.2, 0.25) is 10.0 Å². The third kappa shape index (κ3) is 5.02. The Morgan fingerprint density at radius 1 is 1.05 bits per heavy atom. The lowest BCUT2D eigenvalue weighted by molar-refractivity contribution is 0.0905. The Morgan fingerprint density at radius 3 is 2.00 bits per heavy atom. The second-order valence-corrected chi connectivity index (χ2v) is 8.41. The average Bonchev–Trinajstić information content (AvgIpc) is 2.31. The highest BCUT2D eigenvalue weighted by Gasteiger charge is 2.26. The zero-order valence-electron chi connectivity index (χ0n) is 12.9. The number of rotatable bonds is 6. The van der Waals surface area contributed by atoms with Gasteiger partial charge in [-0.2, -0.15) is 0 Å². The van der Waals surface area contributed by atoms with E-state index in [0.29, 0.717) is 12.5 Å². The van der Waals surface area contributed by atoms with Gasteiger partial charge in [0.25, 0.3) is 0 Å². The number of nitrogens with one attached hydrogen (secondary N) is 1. The number of hydrogen-bond donors (Lipinski definition) is 1. The third-order valence-corrected chi connectivity index (χ3v) is 5.70. The van der Waals surface area contributed by atoms with Gasteiger partial charge in [0.05, 0.1) is 5.25 Å². The highest BCUT2D eigenvalue weighted by molar-refractivity contribution is 7.90. The fourth-order valence-electron chi connectivity index (χ4n) is 2.31. The van der Waals surface area contributed by atoms with E-state index in [2.05, 4.69) is 35.4 Å². The van der Waals surface area contributed by atoms with Crippen molar-refractivity contribution < 1.29 is 8.42 Å². The molecule has 0 bridgehead atoms. The molecule has 5 nitrogen and oxygen atoms in total. The van der Waals surface area contributed by atoms with Crippen LogP contribution < -0.4 is 4.72 Å². The quantitative estimate of drug-likeness (QED) is 0.778. The first kappa shape index (κ1) is 16.9. The van der Waals surface area contributed by atoms with Gasteiger partial charge in [0, 0.05) is 38.8 Å². The number of hydrogen-bond acceptors (Lipinski definition) is 4. The second-order valence-electron chi connectivity index (χ2n) is 6.09. The summed E-state index contributed by atoms with van der Waals surface area (Å²) in [5, 5.41) is -0.368. The van der Waals surface area contributed by atoms with Crippen LogP contribution in [0.5, 0.6) is 0 Å². The smallest absolute Gasteiger partial charge is 0.213 e. The van der Waals surface area contributed by atoms with Crippen molar-refractivity contribution in [2.75, 3.05) is 39.8 Å². The molecule has 1 fully saturated rings. The predicted octanol–water partition coefficient (Wildman–Crippen LogP) is 0.586. The molecule has 0 aromatic carbocycles. The molecule has 0 amide bonds. The van der Waals surface area contributed by atoms with Crippen molar-refractivity contribution in [3.8, 4) is 0 Å². The summed E-state index contributed by atoms with van der Waals surface area (Å²) in [7, 11) is -1.04. The van der Waals surface area contributed by atoms with Crippen LogP contribution in [0, 0.1) is 5.92 Å². The minimum Gasteiger partial charge on any atom is -0.304 e. The molecule has 0 aromatic rings. The van der Waals surface area contributed by atoms with Crippen molar-refractivity contribution in [2.24, 2.45) is 5.92 Å². The van der Waals surface area contributed by atoms with E-state index in [0.717, 1.165) is 26.2 Å². The van der Waals surface area contributed by atoms with E-state index in [1.165, 1.54) is 0 Å². The Bertz CT molecular complexity index is 360. The van der Waals surface area contributed by atoms with Gasteiger partial charge in [-0.05, 0) is 26.8 Å². The van der Waals surface area contributed by atoms with E-state index in [9.17, 15) is 8.42 Å². The maximum atomic E-state index is 11.9. The van der Waals surface area contributed by atoms with Crippen molar-refractivity contribution in [3.05, 3.63) is 0 Å². The number of nitrogens with zero attached hydrogens (tertiary/aromatic N) is 2. The topological polar surface area (TPSA) is 52.7 Å². The highest BCUT2D eigenvalue weighted by atomic mass is 32.2. The van der Waals surface area contributed by atoms with E-state index in [1.54, 1.807) is 13.8 Å². The summed E-state index contributed by atoms with van der Waals surface area (Å²) in [5.41, 5.74) is 0. The summed E-state index contributed by atoms with van der Waals surface area (Å²) in [6.07, 6.45) is 0. The van der Waals surface area contributed by atoms with Crippen LogP contribution in [0.15, 0.2) is 0 Å². The first-order valence-electron chi connectivity index (χ1n) is 7.15. The van der Waals surface area contributed by atoms with Crippen LogP contribution >= 0.6 is 0 Å². The molecule has 1 aliphatic heterocycles. The molecule has 1 atom stereocenters. The van der Waals surface area contributed by atoms with Gasteiger partial charge in [-0.3, -0.25) is 4.90 Å². The minimum atomic E-state index is -3.16. The van der Waals surface area contributed by atoms with Crippen LogP contribution in [-0.4, -0.2) is 69.3 Å². The predicted molar refractivity (Wildman–Crippen MR) is 79.8 cm³/mol. The van der Waals surface area contributed by atoms with Crippen LogP contribution in [0.1, 0.15) is 27.7 Å². The van der Waals surface area contributed by atoms with Crippen molar-refractivity contribution in [3.63, 3.8) is 0 Å². The van der Waals surface area contributed by atoms with E-state index < -0.39 is 10.0 Å². The first-order valence-corrected chi connectivity index (χ1v) is 8.69. The molecule has 114 valence electrons. The molecule has 0 aliphatic carbocycles. The molecule has 0 saturated carbocycles. The van der Waals surface area contributed by atoms with Crippen molar-refractivity contribution in [1.29, 1.82) is 0 Å². The van der Waals surface area contributed by atoms with Crippen molar-refractivity contribution >= 4 is 10.0 Å². The number of piperazine rings is 1. The molecule has 0 radical (unpaired) electrons. The molecule has 1 heterocycles. The molecule has 19 heavy (non-hydrogen) atoms. The van der Waals surface area contributed by atoms with Gasteiger partial charge in [0.15, 0.2) is 0 Å². The van der Waals surface area contributed by atoms with Gasteiger partial charge in [-0.25, -0.2) is 13.1 Å². The maximum absolute atomic E-state index is 11.9. The summed E-state index contributed by atoms with van der Waals surface area (Å²) < 4.78 is 26.5. The van der Waals surface area contributed by atoms with Gasteiger partial charge >= 0.3 is 0 Å². The van der Waals surface area contributed by atoms with Crippen LogP contribution in [0.25, 0.3) is 0 Å². The molecule has 1 aliphatic rings. The van der Waals surface area contributed by atoms with Crippen molar-refractivity contribution in [2.45, 2.75) is 39.0 Å².